The van der Waals surface area contributed by atoms with E-state index < -0.39 is 0 Å². The smallest absolute Gasteiger partial charge is 0.0484 e. The minimum absolute atomic E-state index is 0.306. The van der Waals surface area contributed by atoms with Crippen LogP contribution in [0, 0.1) is 0 Å². The third-order valence-electron chi connectivity index (χ3n) is 2.88. The van der Waals surface area contributed by atoms with Crippen LogP contribution in [0.1, 0.15) is 26.3 Å². The molecule has 0 bridgehead atoms. The monoisotopic (exact) mass is 280 g/mol. The van der Waals surface area contributed by atoms with Gasteiger partial charge in [0.25, 0.3) is 0 Å². The first kappa shape index (κ1) is 11.7. The van der Waals surface area contributed by atoms with Crippen molar-refractivity contribution in [1.82, 2.24) is 4.57 Å². The quantitative estimate of drug-likeness (QED) is 0.895. The molecule has 2 rings (SSSR count). The summed E-state index contributed by atoms with van der Waals surface area (Å²) >= 11 is 3.51. The second kappa shape index (κ2) is 3.90. The summed E-state index contributed by atoms with van der Waals surface area (Å²) in [6, 6.07) is 6.35. The highest BCUT2D eigenvalue weighted by atomic mass is 79.9. The normalized spacial score (nSPS) is 12.3. The summed E-state index contributed by atoms with van der Waals surface area (Å²) < 4.78 is 3.34. The molecule has 0 fully saturated rings. The molecule has 1 heterocycles. The molecule has 0 saturated heterocycles. The van der Waals surface area contributed by atoms with Gasteiger partial charge >= 0.3 is 0 Å². The number of nitrogens with zero attached hydrogens (tertiary/aromatic N) is 1. The van der Waals surface area contributed by atoms with Gasteiger partial charge in [0, 0.05) is 33.7 Å². The minimum Gasteiger partial charge on any atom is -0.347 e. The van der Waals surface area contributed by atoms with Crippen LogP contribution in [0.3, 0.4) is 0 Å². The lowest BCUT2D eigenvalue weighted by Crippen LogP contribution is -2.28. The number of hydrogen-bond acceptors (Lipinski definition) is 1. The first-order chi connectivity index (χ1) is 7.43. The van der Waals surface area contributed by atoms with Crippen molar-refractivity contribution in [3.8, 4) is 0 Å². The highest BCUT2D eigenvalue weighted by molar-refractivity contribution is 9.10. The van der Waals surface area contributed by atoms with Gasteiger partial charge in [0.15, 0.2) is 0 Å². The van der Waals surface area contributed by atoms with Crippen molar-refractivity contribution in [2.45, 2.75) is 32.9 Å². The molecule has 0 saturated carbocycles. The molecule has 0 amide bonds. The summed E-state index contributed by atoms with van der Waals surface area (Å²) in [5.74, 6) is 0. The Hall–Kier alpha value is -0.800. The molecule has 86 valence electrons. The van der Waals surface area contributed by atoms with Crippen LogP contribution >= 0.6 is 15.9 Å². The zero-order chi connectivity index (χ0) is 11.9. The van der Waals surface area contributed by atoms with Gasteiger partial charge in [-0.25, -0.2) is 0 Å². The van der Waals surface area contributed by atoms with Gasteiger partial charge in [-0.1, -0.05) is 15.9 Å². The molecule has 2 N–H and O–H groups in total. The van der Waals surface area contributed by atoms with E-state index in [1.54, 1.807) is 0 Å². The molecule has 1 aromatic carbocycles. The van der Waals surface area contributed by atoms with Crippen LogP contribution in [0.15, 0.2) is 28.9 Å². The number of benzene rings is 1. The summed E-state index contributed by atoms with van der Waals surface area (Å²) in [5.41, 5.74) is 8.36. The summed E-state index contributed by atoms with van der Waals surface area (Å²) in [6.07, 6.45) is 2.16. The topological polar surface area (TPSA) is 30.9 Å². The molecule has 16 heavy (non-hydrogen) atoms. The van der Waals surface area contributed by atoms with Crippen LogP contribution in [0.5, 0.6) is 0 Å². The maximum Gasteiger partial charge on any atom is 0.0484 e. The number of halogens is 1. The molecule has 2 aromatic rings. The number of aromatic nitrogens is 1. The van der Waals surface area contributed by atoms with E-state index in [1.165, 1.54) is 16.5 Å². The fourth-order valence-electron chi connectivity index (χ4n) is 2.04. The summed E-state index contributed by atoms with van der Waals surface area (Å²) in [6.45, 7) is 7.20. The lowest BCUT2D eigenvalue weighted by molar-refractivity contribution is 0.556. The first-order valence-electron chi connectivity index (χ1n) is 5.51. The van der Waals surface area contributed by atoms with Crippen LogP contribution in [-0.4, -0.2) is 4.57 Å². The van der Waals surface area contributed by atoms with Crippen molar-refractivity contribution in [2.24, 2.45) is 5.73 Å². The molecule has 2 nitrogen and oxygen atoms in total. The molecule has 0 spiro atoms. The lowest BCUT2D eigenvalue weighted by Gasteiger charge is -2.17. The van der Waals surface area contributed by atoms with E-state index in [0.717, 1.165) is 11.0 Å². The van der Waals surface area contributed by atoms with E-state index in [0.29, 0.717) is 0 Å². The standard InChI is InChI=1S/C13H17BrN2/c1-4-16-8-11(13(2,3)15)10-7-9(14)5-6-12(10)16/h5-8H,4,15H2,1-3H3. The van der Waals surface area contributed by atoms with Gasteiger partial charge in [0.05, 0.1) is 0 Å². The number of nitrogens with two attached hydrogens (primary N) is 1. The Balaban J connectivity index is 2.79. The van der Waals surface area contributed by atoms with E-state index in [4.69, 9.17) is 5.73 Å². The third kappa shape index (κ3) is 1.89. The predicted molar refractivity (Wildman–Crippen MR) is 72.5 cm³/mol. The zero-order valence-corrected chi connectivity index (χ0v) is 11.5. The molecule has 0 aliphatic rings. The van der Waals surface area contributed by atoms with Crippen LogP contribution in [0.2, 0.25) is 0 Å². The van der Waals surface area contributed by atoms with Crippen LogP contribution < -0.4 is 5.73 Å². The second-order valence-electron chi connectivity index (χ2n) is 4.71. The van der Waals surface area contributed by atoms with Gasteiger partial charge in [-0.3, -0.25) is 0 Å². The molecule has 0 atom stereocenters. The summed E-state index contributed by atoms with van der Waals surface area (Å²) in [7, 11) is 0. The Bertz CT molecular complexity index is 520. The van der Waals surface area contributed by atoms with Crippen molar-refractivity contribution in [3.63, 3.8) is 0 Å². The maximum absolute atomic E-state index is 6.21. The molecule has 1 aromatic heterocycles. The number of rotatable bonds is 2. The molecule has 0 aliphatic heterocycles. The van der Waals surface area contributed by atoms with E-state index >= 15 is 0 Å². The average molecular weight is 281 g/mol. The Labute approximate surface area is 105 Å². The van der Waals surface area contributed by atoms with Gasteiger partial charge in [0.1, 0.15) is 0 Å². The van der Waals surface area contributed by atoms with E-state index in [1.807, 2.05) is 13.8 Å². The summed E-state index contributed by atoms with van der Waals surface area (Å²) in [4.78, 5) is 0. The Kier molecular flexibility index (Phi) is 2.84. The number of aryl methyl sites for hydroxylation is 1. The molecule has 3 heteroatoms. The molecule has 0 radical (unpaired) electrons. The van der Waals surface area contributed by atoms with Gasteiger partial charge in [0.2, 0.25) is 0 Å². The van der Waals surface area contributed by atoms with Gasteiger partial charge in [-0.2, -0.15) is 0 Å². The zero-order valence-electron chi connectivity index (χ0n) is 9.92. The van der Waals surface area contributed by atoms with E-state index in [9.17, 15) is 0 Å². The van der Waals surface area contributed by atoms with Crippen LogP contribution in [0.4, 0.5) is 0 Å². The van der Waals surface area contributed by atoms with E-state index in [2.05, 4.69) is 51.8 Å². The SMILES string of the molecule is CCn1cc(C(C)(C)N)c2cc(Br)ccc21. The lowest BCUT2D eigenvalue weighted by atomic mass is 9.95. The third-order valence-corrected chi connectivity index (χ3v) is 3.37. The molecular formula is C13H17BrN2. The highest BCUT2D eigenvalue weighted by Crippen LogP contribution is 2.30. The fraction of sp³-hybridized carbons (Fsp3) is 0.385. The first-order valence-corrected chi connectivity index (χ1v) is 6.30. The number of hydrogen-bond donors (Lipinski definition) is 1. The number of fused-ring (bicyclic) bond motifs is 1. The Morgan fingerprint density at radius 2 is 2.06 bits per heavy atom. The molecule has 0 aliphatic carbocycles. The van der Waals surface area contributed by atoms with Crippen molar-refractivity contribution < 1.29 is 0 Å². The second-order valence-corrected chi connectivity index (χ2v) is 5.63. The average Bonchev–Trinajstić information content (AvgIpc) is 2.54. The van der Waals surface area contributed by atoms with Gasteiger partial charge in [-0.15, -0.1) is 0 Å². The van der Waals surface area contributed by atoms with Crippen LogP contribution in [-0.2, 0) is 12.1 Å². The van der Waals surface area contributed by atoms with Crippen molar-refractivity contribution in [3.05, 3.63) is 34.4 Å². The van der Waals surface area contributed by atoms with Gasteiger partial charge < -0.3 is 10.3 Å². The summed E-state index contributed by atoms with van der Waals surface area (Å²) in [5, 5.41) is 1.24. The Morgan fingerprint density at radius 1 is 1.38 bits per heavy atom. The van der Waals surface area contributed by atoms with E-state index in [-0.39, 0.29) is 5.54 Å². The fourth-order valence-corrected chi connectivity index (χ4v) is 2.41. The van der Waals surface area contributed by atoms with Crippen LogP contribution in [0.25, 0.3) is 10.9 Å². The largest absolute Gasteiger partial charge is 0.347 e. The maximum atomic E-state index is 6.21. The van der Waals surface area contributed by atoms with Crippen molar-refractivity contribution in [2.75, 3.05) is 0 Å². The minimum atomic E-state index is -0.306. The molecular weight excluding hydrogens is 264 g/mol. The predicted octanol–water partition coefficient (Wildman–Crippen LogP) is 3.62. The van der Waals surface area contributed by atoms with Crippen molar-refractivity contribution in [1.29, 1.82) is 0 Å². The highest BCUT2D eigenvalue weighted by Gasteiger charge is 2.20. The van der Waals surface area contributed by atoms with Crippen molar-refractivity contribution >= 4 is 26.8 Å². The molecule has 0 unspecified atom stereocenters. The Morgan fingerprint density at radius 3 is 2.62 bits per heavy atom. The van der Waals surface area contributed by atoms with Gasteiger partial charge in [-0.05, 0) is 44.5 Å².